The Morgan fingerprint density at radius 3 is 2.64 bits per heavy atom. The molecule has 0 aromatic carbocycles. The summed E-state index contributed by atoms with van der Waals surface area (Å²) < 4.78 is 37.3. The quantitative estimate of drug-likeness (QED) is 0.812. The number of alkyl halides is 3. The highest BCUT2D eigenvalue weighted by Crippen LogP contribution is 2.23. The van der Waals surface area contributed by atoms with Gasteiger partial charge in [-0.1, -0.05) is 0 Å². The van der Waals surface area contributed by atoms with Gasteiger partial charge in [0, 0.05) is 25.9 Å². The molecule has 0 saturated carbocycles. The number of aliphatic hydroxyl groups is 1. The van der Waals surface area contributed by atoms with Crippen LogP contribution in [0.3, 0.4) is 0 Å². The van der Waals surface area contributed by atoms with Crippen LogP contribution in [0.25, 0.3) is 0 Å². The first kappa shape index (κ1) is 11.0. The molecular weight excluding hydrogens is 197 g/mol. The van der Waals surface area contributed by atoms with Crippen LogP contribution in [-0.4, -0.2) is 26.9 Å². The highest BCUT2D eigenvalue weighted by Gasteiger charge is 2.37. The van der Waals surface area contributed by atoms with Gasteiger partial charge in [-0.3, -0.25) is 0 Å². The van der Waals surface area contributed by atoms with Crippen LogP contribution in [0.4, 0.5) is 13.2 Å². The molecular formula is C8H11F3N2O. The van der Waals surface area contributed by atoms with Gasteiger partial charge in [-0.15, -0.1) is 0 Å². The van der Waals surface area contributed by atoms with Crippen molar-refractivity contribution in [2.45, 2.75) is 25.1 Å². The molecule has 0 aliphatic rings. The van der Waals surface area contributed by atoms with Gasteiger partial charge in [0.2, 0.25) is 0 Å². The maximum absolute atomic E-state index is 11.9. The molecule has 1 aromatic rings. The summed E-state index contributed by atoms with van der Waals surface area (Å²) in [5.41, 5.74) is 0. The summed E-state index contributed by atoms with van der Waals surface area (Å²) in [5, 5.41) is 8.71. The molecule has 0 saturated heterocycles. The Balaban J connectivity index is 2.46. The Kier molecular flexibility index (Phi) is 3.15. The van der Waals surface area contributed by atoms with Crippen LogP contribution in [0.1, 0.15) is 12.2 Å². The van der Waals surface area contributed by atoms with Crippen molar-refractivity contribution in [2.24, 2.45) is 7.05 Å². The first-order chi connectivity index (χ1) is 6.41. The van der Waals surface area contributed by atoms with Crippen molar-refractivity contribution in [1.29, 1.82) is 0 Å². The summed E-state index contributed by atoms with van der Waals surface area (Å²) >= 11 is 0. The third-order valence-electron chi connectivity index (χ3n) is 1.94. The van der Waals surface area contributed by atoms with Crippen molar-refractivity contribution in [3.63, 3.8) is 0 Å². The molecule has 80 valence electrons. The highest BCUT2D eigenvalue weighted by atomic mass is 19.4. The lowest BCUT2D eigenvalue weighted by atomic mass is 10.2. The first-order valence-corrected chi connectivity index (χ1v) is 4.12. The maximum Gasteiger partial charge on any atom is 0.414 e. The van der Waals surface area contributed by atoms with Gasteiger partial charge in [-0.25, -0.2) is 4.98 Å². The van der Waals surface area contributed by atoms with E-state index >= 15 is 0 Å². The number of aliphatic hydroxyl groups excluding tert-OH is 1. The van der Waals surface area contributed by atoms with E-state index in [9.17, 15) is 13.2 Å². The van der Waals surface area contributed by atoms with E-state index in [4.69, 9.17) is 5.11 Å². The molecule has 0 spiro atoms. The molecule has 0 unspecified atom stereocenters. The van der Waals surface area contributed by atoms with E-state index in [0.717, 1.165) is 0 Å². The average molecular weight is 208 g/mol. The van der Waals surface area contributed by atoms with E-state index in [1.54, 1.807) is 17.8 Å². The molecule has 1 heterocycles. The molecule has 0 amide bonds. The van der Waals surface area contributed by atoms with Crippen molar-refractivity contribution in [3.05, 3.63) is 18.2 Å². The third kappa shape index (κ3) is 2.73. The number of hydrogen-bond acceptors (Lipinski definition) is 2. The van der Waals surface area contributed by atoms with Crippen molar-refractivity contribution < 1.29 is 18.3 Å². The topological polar surface area (TPSA) is 38.0 Å². The summed E-state index contributed by atoms with van der Waals surface area (Å²) in [6.45, 7) is 0. The number of aryl methyl sites for hydroxylation is 2. The van der Waals surface area contributed by atoms with Gasteiger partial charge in [0.05, 0.1) is 0 Å². The predicted molar refractivity (Wildman–Crippen MR) is 43.6 cm³/mol. The van der Waals surface area contributed by atoms with Gasteiger partial charge in [-0.2, -0.15) is 13.2 Å². The van der Waals surface area contributed by atoms with Gasteiger partial charge in [0.1, 0.15) is 11.9 Å². The first-order valence-electron chi connectivity index (χ1n) is 4.12. The monoisotopic (exact) mass is 208 g/mol. The Morgan fingerprint density at radius 1 is 1.57 bits per heavy atom. The van der Waals surface area contributed by atoms with Gasteiger partial charge in [0.15, 0.2) is 0 Å². The summed E-state index contributed by atoms with van der Waals surface area (Å²) in [7, 11) is 1.70. The van der Waals surface area contributed by atoms with Gasteiger partial charge in [0.25, 0.3) is 0 Å². The molecule has 1 rings (SSSR count). The second-order valence-electron chi connectivity index (χ2n) is 3.05. The Labute approximate surface area is 79.2 Å². The van der Waals surface area contributed by atoms with Crippen LogP contribution in [-0.2, 0) is 13.5 Å². The molecule has 1 aromatic heterocycles. The van der Waals surface area contributed by atoms with E-state index in [0.29, 0.717) is 5.82 Å². The van der Waals surface area contributed by atoms with Crippen LogP contribution in [0.5, 0.6) is 0 Å². The summed E-state index contributed by atoms with van der Waals surface area (Å²) in [4.78, 5) is 3.85. The number of rotatable bonds is 3. The number of aromatic nitrogens is 2. The van der Waals surface area contributed by atoms with Gasteiger partial charge >= 0.3 is 6.18 Å². The fourth-order valence-electron chi connectivity index (χ4n) is 1.07. The van der Waals surface area contributed by atoms with Gasteiger partial charge in [-0.05, 0) is 6.42 Å². The lowest BCUT2D eigenvalue weighted by Gasteiger charge is -2.13. The minimum Gasteiger partial charge on any atom is -0.384 e. The molecule has 0 fully saturated rings. The highest BCUT2D eigenvalue weighted by molar-refractivity contribution is 4.91. The molecule has 0 aliphatic carbocycles. The second kappa shape index (κ2) is 4.00. The van der Waals surface area contributed by atoms with Crippen LogP contribution in [0.15, 0.2) is 12.4 Å². The van der Waals surface area contributed by atoms with Gasteiger partial charge < -0.3 is 9.67 Å². The Hall–Kier alpha value is -1.04. The molecule has 6 heteroatoms. The minimum atomic E-state index is -4.54. The molecule has 14 heavy (non-hydrogen) atoms. The minimum absolute atomic E-state index is 0.115. The zero-order chi connectivity index (χ0) is 10.8. The summed E-state index contributed by atoms with van der Waals surface area (Å²) in [6, 6.07) is 0. The summed E-state index contributed by atoms with van der Waals surface area (Å²) in [6.07, 6.45) is -3.88. The second-order valence-corrected chi connectivity index (χ2v) is 3.05. The Bertz CT molecular complexity index is 295. The van der Waals surface area contributed by atoms with Crippen LogP contribution in [0, 0.1) is 0 Å². The molecule has 0 radical (unpaired) electrons. The summed E-state index contributed by atoms with van der Waals surface area (Å²) in [5.74, 6) is 0.535. The van der Waals surface area contributed by atoms with E-state index < -0.39 is 12.3 Å². The smallest absolute Gasteiger partial charge is 0.384 e. The fourth-order valence-corrected chi connectivity index (χ4v) is 1.07. The fraction of sp³-hybridized carbons (Fsp3) is 0.625. The van der Waals surface area contributed by atoms with Crippen molar-refractivity contribution >= 4 is 0 Å². The van der Waals surface area contributed by atoms with E-state index in [1.165, 1.54) is 6.20 Å². The Morgan fingerprint density at radius 2 is 2.21 bits per heavy atom. The van der Waals surface area contributed by atoms with Crippen LogP contribution < -0.4 is 0 Å². The SMILES string of the molecule is Cn1ccnc1CC[C@H](O)C(F)(F)F. The number of imidazole rings is 1. The average Bonchev–Trinajstić information content (AvgIpc) is 2.45. The van der Waals surface area contributed by atoms with Crippen molar-refractivity contribution in [2.75, 3.05) is 0 Å². The number of nitrogens with zero attached hydrogens (tertiary/aromatic N) is 2. The third-order valence-corrected chi connectivity index (χ3v) is 1.94. The normalized spacial score (nSPS) is 14.4. The van der Waals surface area contributed by atoms with Crippen LogP contribution in [0.2, 0.25) is 0 Å². The number of hydrogen-bond donors (Lipinski definition) is 1. The lowest BCUT2D eigenvalue weighted by molar-refractivity contribution is -0.205. The zero-order valence-electron chi connectivity index (χ0n) is 7.62. The van der Waals surface area contributed by atoms with E-state index in [-0.39, 0.29) is 12.8 Å². The van der Waals surface area contributed by atoms with E-state index in [2.05, 4.69) is 4.98 Å². The maximum atomic E-state index is 11.9. The molecule has 3 nitrogen and oxygen atoms in total. The number of halogens is 3. The largest absolute Gasteiger partial charge is 0.414 e. The zero-order valence-corrected chi connectivity index (χ0v) is 7.62. The lowest BCUT2D eigenvalue weighted by Crippen LogP contribution is -2.29. The van der Waals surface area contributed by atoms with Crippen molar-refractivity contribution in [3.8, 4) is 0 Å². The molecule has 0 aliphatic heterocycles. The van der Waals surface area contributed by atoms with Crippen molar-refractivity contribution in [1.82, 2.24) is 9.55 Å². The predicted octanol–water partition coefficient (Wildman–Crippen LogP) is 1.28. The molecule has 1 atom stereocenters. The van der Waals surface area contributed by atoms with Crippen LogP contribution >= 0.6 is 0 Å². The standard InChI is InChI=1S/C8H11F3N2O/c1-13-5-4-12-7(13)3-2-6(14)8(9,10)11/h4-6,14H,2-3H2,1H3/t6-/m0/s1. The van der Waals surface area contributed by atoms with E-state index in [1.807, 2.05) is 0 Å². The molecule has 0 bridgehead atoms. The molecule has 1 N–H and O–H groups in total.